The van der Waals surface area contributed by atoms with Crippen molar-refractivity contribution in [3.63, 3.8) is 0 Å². The Morgan fingerprint density at radius 2 is 2.03 bits per heavy atom. The van der Waals surface area contributed by atoms with Crippen molar-refractivity contribution in [2.24, 2.45) is 5.73 Å². The predicted molar refractivity (Wildman–Crippen MR) is 122 cm³/mol. The molecule has 0 spiro atoms. The van der Waals surface area contributed by atoms with Gasteiger partial charge in [0.15, 0.2) is 0 Å². The molecule has 8 heteroatoms. The van der Waals surface area contributed by atoms with Crippen molar-refractivity contribution < 1.29 is 18.7 Å². The number of benzene rings is 1. The van der Waals surface area contributed by atoms with Crippen LogP contribution in [0.15, 0.2) is 28.7 Å². The van der Waals surface area contributed by atoms with Crippen LogP contribution in [-0.2, 0) is 20.7 Å². The number of hydrogen-bond donors (Lipinski definition) is 2. The summed E-state index contributed by atoms with van der Waals surface area (Å²) in [6.07, 6.45) is 5.30. The Balaban J connectivity index is 1.38. The molecule has 0 aliphatic carbocycles. The Kier molecular flexibility index (Phi) is 6.79. The van der Waals surface area contributed by atoms with Gasteiger partial charge in [-0.3, -0.25) is 19.9 Å². The highest BCUT2D eigenvalue weighted by Gasteiger charge is 2.38. The third kappa shape index (κ3) is 4.80. The van der Waals surface area contributed by atoms with E-state index in [9.17, 15) is 9.59 Å². The number of ether oxygens (including phenoxy) is 1. The number of esters is 1. The summed E-state index contributed by atoms with van der Waals surface area (Å²) in [6, 6.07) is 7.53. The Morgan fingerprint density at radius 1 is 1.22 bits per heavy atom. The average molecular weight is 441 g/mol. The molecule has 4 rings (SSSR count). The van der Waals surface area contributed by atoms with Crippen molar-refractivity contribution in [3.8, 4) is 0 Å². The maximum atomic E-state index is 13.3. The molecule has 0 radical (unpaired) electrons. The first-order valence-electron chi connectivity index (χ1n) is 11.5. The van der Waals surface area contributed by atoms with Crippen LogP contribution in [0.4, 0.5) is 0 Å². The average Bonchev–Trinajstić information content (AvgIpc) is 3.50. The minimum Gasteiger partial charge on any atom is -0.465 e. The van der Waals surface area contributed by atoms with Gasteiger partial charge in [0.05, 0.1) is 19.2 Å². The molecule has 2 saturated heterocycles. The molecule has 2 fully saturated rings. The van der Waals surface area contributed by atoms with Crippen LogP contribution < -0.4 is 5.73 Å². The van der Waals surface area contributed by atoms with Crippen molar-refractivity contribution in [2.75, 3.05) is 26.2 Å². The molecular formula is C24H32N4O4. The fourth-order valence-corrected chi connectivity index (χ4v) is 4.97. The number of nitrogens with two attached hydrogens (primary N) is 1. The summed E-state index contributed by atoms with van der Waals surface area (Å²) in [6.45, 7) is 3.87. The van der Waals surface area contributed by atoms with Gasteiger partial charge in [-0.1, -0.05) is 12.1 Å². The van der Waals surface area contributed by atoms with E-state index in [-0.39, 0.29) is 36.3 Å². The lowest BCUT2D eigenvalue weighted by molar-refractivity contribution is -0.146. The standard InChI is InChI=1S/C24H32N4O4/c1-2-31-22(29)15-27-11-4-6-20(27)24(30)28-12-3-5-18(28)9-10-19-13-16-7-8-17(23(25)26)14-21(16)32-19/h7-8,13-14,18,20H,2-6,9-12,15H2,1H3,(H3,25,26)/t18-,20+/m0/s1. The molecule has 2 aliphatic heterocycles. The summed E-state index contributed by atoms with van der Waals surface area (Å²) in [5.41, 5.74) is 6.95. The Morgan fingerprint density at radius 3 is 2.81 bits per heavy atom. The topological polar surface area (TPSA) is 113 Å². The van der Waals surface area contributed by atoms with Crippen LogP contribution in [0.3, 0.4) is 0 Å². The van der Waals surface area contributed by atoms with Gasteiger partial charge >= 0.3 is 5.97 Å². The second-order valence-electron chi connectivity index (χ2n) is 8.68. The highest BCUT2D eigenvalue weighted by molar-refractivity contribution is 5.98. The van der Waals surface area contributed by atoms with Crippen molar-refractivity contribution >= 4 is 28.7 Å². The molecule has 0 bridgehead atoms. The van der Waals surface area contributed by atoms with Gasteiger partial charge in [-0.25, -0.2) is 0 Å². The molecular weight excluding hydrogens is 408 g/mol. The predicted octanol–water partition coefficient (Wildman–Crippen LogP) is 2.67. The molecule has 1 aromatic heterocycles. The minimum absolute atomic E-state index is 0.0221. The molecule has 3 N–H and O–H groups in total. The van der Waals surface area contributed by atoms with E-state index in [1.807, 2.05) is 28.0 Å². The number of likely N-dealkylation sites (tertiary alicyclic amines) is 2. The van der Waals surface area contributed by atoms with Crippen LogP contribution in [0.2, 0.25) is 0 Å². The summed E-state index contributed by atoms with van der Waals surface area (Å²) >= 11 is 0. The molecule has 32 heavy (non-hydrogen) atoms. The molecule has 172 valence electrons. The van der Waals surface area contributed by atoms with Gasteiger partial charge in [-0.15, -0.1) is 0 Å². The summed E-state index contributed by atoms with van der Waals surface area (Å²) in [5.74, 6) is 0.784. The lowest BCUT2D eigenvalue weighted by Gasteiger charge is -2.31. The number of carbonyl (C=O) groups is 2. The van der Waals surface area contributed by atoms with Crippen LogP contribution in [0.1, 0.15) is 50.4 Å². The molecule has 3 heterocycles. The maximum absolute atomic E-state index is 13.3. The fourth-order valence-electron chi connectivity index (χ4n) is 4.97. The van der Waals surface area contributed by atoms with Crippen molar-refractivity contribution in [1.82, 2.24) is 9.80 Å². The second kappa shape index (κ2) is 9.73. The summed E-state index contributed by atoms with van der Waals surface area (Å²) < 4.78 is 11.1. The third-order valence-corrected chi connectivity index (χ3v) is 6.55. The normalized spacial score (nSPS) is 21.3. The highest BCUT2D eigenvalue weighted by atomic mass is 16.5. The molecule has 2 atom stereocenters. The number of nitrogen functional groups attached to an aromatic ring is 1. The van der Waals surface area contributed by atoms with Gasteiger partial charge in [-0.05, 0) is 57.7 Å². The lowest BCUT2D eigenvalue weighted by Crippen LogP contribution is -2.48. The number of fused-ring (bicyclic) bond motifs is 1. The van der Waals surface area contributed by atoms with Gasteiger partial charge in [0, 0.05) is 30.0 Å². The number of carbonyl (C=O) groups excluding carboxylic acids is 2. The van der Waals surface area contributed by atoms with Crippen LogP contribution in [0.25, 0.3) is 11.0 Å². The minimum atomic E-state index is -0.261. The number of nitrogens with one attached hydrogen (secondary N) is 1. The number of amidine groups is 1. The van der Waals surface area contributed by atoms with E-state index in [1.165, 1.54) is 0 Å². The molecule has 2 aliphatic rings. The Hall–Kier alpha value is -2.87. The third-order valence-electron chi connectivity index (χ3n) is 6.55. The number of nitrogens with zero attached hydrogens (tertiary/aromatic N) is 2. The molecule has 1 amide bonds. The van der Waals surface area contributed by atoms with Crippen LogP contribution in [0, 0.1) is 5.41 Å². The number of amides is 1. The van der Waals surface area contributed by atoms with Crippen LogP contribution in [0.5, 0.6) is 0 Å². The summed E-state index contributed by atoms with van der Waals surface area (Å²) in [4.78, 5) is 29.3. The first kappa shape index (κ1) is 22.3. The second-order valence-corrected chi connectivity index (χ2v) is 8.68. The first-order chi connectivity index (χ1) is 15.5. The van der Waals surface area contributed by atoms with Gasteiger partial charge in [0.2, 0.25) is 5.91 Å². The van der Waals surface area contributed by atoms with Crippen LogP contribution >= 0.6 is 0 Å². The number of furan rings is 1. The van der Waals surface area contributed by atoms with Gasteiger partial charge in [0.25, 0.3) is 0 Å². The summed E-state index contributed by atoms with van der Waals surface area (Å²) in [7, 11) is 0. The van der Waals surface area contributed by atoms with Gasteiger partial charge in [0.1, 0.15) is 17.2 Å². The monoisotopic (exact) mass is 440 g/mol. The number of hydrogen-bond acceptors (Lipinski definition) is 6. The highest BCUT2D eigenvalue weighted by Crippen LogP contribution is 2.28. The number of rotatable bonds is 8. The van der Waals surface area contributed by atoms with Crippen molar-refractivity contribution in [1.29, 1.82) is 5.41 Å². The van der Waals surface area contributed by atoms with E-state index in [1.54, 1.807) is 13.0 Å². The summed E-state index contributed by atoms with van der Waals surface area (Å²) in [5, 5.41) is 8.58. The Bertz CT molecular complexity index is 1000. The van der Waals surface area contributed by atoms with E-state index in [0.717, 1.165) is 68.3 Å². The molecule has 8 nitrogen and oxygen atoms in total. The fraction of sp³-hybridized carbons (Fsp3) is 0.542. The quantitative estimate of drug-likeness (QED) is 0.371. The Labute approximate surface area is 188 Å². The van der Waals surface area contributed by atoms with Gasteiger partial charge < -0.3 is 19.8 Å². The zero-order chi connectivity index (χ0) is 22.7. The van der Waals surface area contributed by atoms with Crippen LogP contribution in [-0.4, -0.2) is 65.8 Å². The molecule has 1 aromatic carbocycles. The zero-order valence-electron chi connectivity index (χ0n) is 18.6. The SMILES string of the molecule is CCOC(=O)CN1CCC[C@@H]1C(=O)N1CCC[C@H]1CCc1cc2ccc(C(=N)N)cc2o1. The van der Waals surface area contributed by atoms with E-state index in [0.29, 0.717) is 12.2 Å². The van der Waals surface area contributed by atoms with Crippen molar-refractivity contribution in [2.45, 2.75) is 57.5 Å². The smallest absolute Gasteiger partial charge is 0.320 e. The van der Waals surface area contributed by atoms with E-state index in [4.69, 9.17) is 20.3 Å². The van der Waals surface area contributed by atoms with Crippen molar-refractivity contribution in [3.05, 3.63) is 35.6 Å². The lowest BCUT2D eigenvalue weighted by atomic mass is 10.1. The van der Waals surface area contributed by atoms with E-state index >= 15 is 0 Å². The largest absolute Gasteiger partial charge is 0.465 e. The first-order valence-corrected chi connectivity index (χ1v) is 11.5. The molecule has 0 saturated carbocycles. The molecule has 0 unspecified atom stereocenters. The van der Waals surface area contributed by atoms with E-state index in [2.05, 4.69) is 0 Å². The maximum Gasteiger partial charge on any atom is 0.320 e. The molecule has 2 aromatic rings. The van der Waals surface area contributed by atoms with E-state index < -0.39 is 0 Å². The number of aryl methyl sites for hydroxylation is 1. The zero-order valence-corrected chi connectivity index (χ0v) is 18.6. The van der Waals surface area contributed by atoms with Gasteiger partial charge in [-0.2, -0.15) is 0 Å².